The van der Waals surface area contributed by atoms with E-state index in [4.69, 9.17) is 5.73 Å². The Morgan fingerprint density at radius 2 is 2.07 bits per heavy atom. The first-order valence-corrected chi connectivity index (χ1v) is 5.22. The third-order valence-corrected chi connectivity index (χ3v) is 2.69. The van der Waals surface area contributed by atoms with Gasteiger partial charge in [0, 0.05) is 6.54 Å². The summed E-state index contributed by atoms with van der Waals surface area (Å²) in [5, 5.41) is 18.8. The van der Waals surface area contributed by atoms with E-state index < -0.39 is 6.10 Å². The van der Waals surface area contributed by atoms with Gasteiger partial charge in [-0.05, 0) is 36.5 Å². The topological polar surface area (TPSA) is 66.5 Å². The average molecular weight is 209 g/mol. The zero-order valence-electron chi connectivity index (χ0n) is 9.27. The van der Waals surface area contributed by atoms with E-state index >= 15 is 0 Å². The van der Waals surface area contributed by atoms with Crippen molar-refractivity contribution < 1.29 is 10.2 Å². The number of hydrogen-bond donors (Lipinski definition) is 3. The molecule has 15 heavy (non-hydrogen) atoms. The molecule has 1 aromatic carbocycles. The van der Waals surface area contributed by atoms with Gasteiger partial charge in [0.2, 0.25) is 0 Å². The summed E-state index contributed by atoms with van der Waals surface area (Å²) >= 11 is 0. The second kappa shape index (κ2) is 5.14. The van der Waals surface area contributed by atoms with Gasteiger partial charge in [-0.1, -0.05) is 19.1 Å². The van der Waals surface area contributed by atoms with E-state index in [1.54, 1.807) is 6.07 Å². The highest BCUT2D eigenvalue weighted by atomic mass is 16.3. The summed E-state index contributed by atoms with van der Waals surface area (Å²) in [5.74, 6) is 0.563. The van der Waals surface area contributed by atoms with Crippen LogP contribution in [0.15, 0.2) is 18.2 Å². The monoisotopic (exact) mass is 209 g/mol. The summed E-state index contributed by atoms with van der Waals surface area (Å²) in [4.78, 5) is 0. The summed E-state index contributed by atoms with van der Waals surface area (Å²) in [5.41, 5.74) is 7.35. The van der Waals surface area contributed by atoms with Gasteiger partial charge in [-0.15, -0.1) is 0 Å². The number of aliphatic hydroxyl groups is 1. The Morgan fingerprint density at radius 3 is 2.60 bits per heavy atom. The number of phenols is 1. The van der Waals surface area contributed by atoms with E-state index in [1.165, 1.54) is 0 Å². The van der Waals surface area contributed by atoms with Crippen LogP contribution >= 0.6 is 0 Å². The Hall–Kier alpha value is -1.06. The minimum atomic E-state index is -0.450. The molecule has 0 radical (unpaired) electrons. The smallest absolute Gasteiger partial charge is 0.118 e. The van der Waals surface area contributed by atoms with Crippen molar-refractivity contribution in [1.82, 2.24) is 0 Å². The molecule has 1 rings (SSSR count). The van der Waals surface area contributed by atoms with E-state index in [0.29, 0.717) is 18.7 Å². The number of hydrogen-bond acceptors (Lipinski definition) is 3. The van der Waals surface area contributed by atoms with Crippen LogP contribution in [0.25, 0.3) is 0 Å². The fourth-order valence-electron chi connectivity index (χ4n) is 1.63. The lowest BCUT2D eigenvalue weighted by atomic mass is 9.93. The summed E-state index contributed by atoms with van der Waals surface area (Å²) in [7, 11) is 0. The molecule has 0 aliphatic carbocycles. The Labute approximate surface area is 90.5 Å². The van der Waals surface area contributed by atoms with E-state index in [2.05, 4.69) is 0 Å². The maximum Gasteiger partial charge on any atom is 0.118 e. The Kier molecular flexibility index (Phi) is 4.12. The maximum absolute atomic E-state index is 9.44. The van der Waals surface area contributed by atoms with Crippen LogP contribution in [-0.4, -0.2) is 22.9 Å². The van der Waals surface area contributed by atoms with Crippen molar-refractivity contribution >= 4 is 0 Å². The largest absolute Gasteiger partial charge is 0.508 e. The maximum atomic E-state index is 9.44. The number of aryl methyl sites for hydroxylation is 1. The van der Waals surface area contributed by atoms with E-state index in [1.807, 2.05) is 26.0 Å². The van der Waals surface area contributed by atoms with Crippen molar-refractivity contribution in [2.45, 2.75) is 32.3 Å². The Morgan fingerprint density at radius 1 is 1.40 bits per heavy atom. The number of aliphatic hydroxyl groups excluding tert-OH is 1. The van der Waals surface area contributed by atoms with Gasteiger partial charge in [0.05, 0.1) is 6.10 Å². The van der Waals surface area contributed by atoms with Crippen molar-refractivity contribution in [3.63, 3.8) is 0 Å². The molecule has 0 fully saturated rings. The van der Waals surface area contributed by atoms with Gasteiger partial charge in [-0.25, -0.2) is 0 Å². The first-order chi connectivity index (χ1) is 7.04. The molecule has 0 saturated carbocycles. The second-order valence-electron chi connectivity index (χ2n) is 4.07. The Bertz CT molecular complexity index is 325. The number of aromatic hydroxyl groups is 1. The number of nitrogens with two attached hydrogens (primary N) is 1. The third kappa shape index (κ3) is 3.22. The molecule has 0 bridgehead atoms. The summed E-state index contributed by atoms with van der Waals surface area (Å²) in [6, 6.07) is 5.52. The molecule has 0 aromatic heterocycles. The van der Waals surface area contributed by atoms with Crippen LogP contribution in [0.3, 0.4) is 0 Å². The standard InChI is InChI=1S/C12H19NO2/c1-8(6-11(14)7-13)10-3-4-12(15)9(2)5-10/h3-5,8,11,14-15H,6-7,13H2,1-2H3. The van der Waals surface area contributed by atoms with E-state index in [0.717, 1.165) is 11.1 Å². The fraction of sp³-hybridized carbons (Fsp3) is 0.500. The lowest BCUT2D eigenvalue weighted by Gasteiger charge is -2.16. The van der Waals surface area contributed by atoms with Gasteiger partial charge >= 0.3 is 0 Å². The van der Waals surface area contributed by atoms with Crippen LogP contribution in [0.1, 0.15) is 30.4 Å². The second-order valence-corrected chi connectivity index (χ2v) is 4.07. The van der Waals surface area contributed by atoms with Crippen molar-refractivity contribution in [3.05, 3.63) is 29.3 Å². The zero-order chi connectivity index (χ0) is 11.4. The first-order valence-electron chi connectivity index (χ1n) is 5.22. The van der Waals surface area contributed by atoms with Crippen molar-refractivity contribution in [2.75, 3.05) is 6.54 Å². The van der Waals surface area contributed by atoms with Gasteiger partial charge in [-0.3, -0.25) is 0 Å². The molecule has 0 aliphatic rings. The van der Waals surface area contributed by atoms with E-state index in [-0.39, 0.29) is 5.92 Å². The summed E-state index contributed by atoms with van der Waals surface area (Å²) in [6.07, 6.45) is 0.204. The number of benzene rings is 1. The molecule has 0 aliphatic heterocycles. The van der Waals surface area contributed by atoms with Crippen molar-refractivity contribution in [2.24, 2.45) is 5.73 Å². The van der Waals surface area contributed by atoms with Crippen LogP contribution in [0.5, 0.6) is 5.75 Å². The lowest BCUT2D eigenvalue weighted by molar-refractivity contribution is 0.165. The minimum absolute atomic E-state index is 0.253. The van der Waals surface area contributed by atoms with Gasteiger partial charge in [0.1, 0.15) is 5.75 Å². The molecule has 0 spiro atoms. The van der Waals surface area contributed by atoms with Gasteiger partial charge in [0.15, 0.2) is 0 Å². The van der Waals surface area contributed by atoms with E-state index in [9.17, 15) is 10.2 Å². The molecule has 0 heterocycles. The molecule has 3 heteroatoms. The van der Waals surface area contributed by atoms with Gasteiger partial charge in [-0.2, -0.15) is 0 Å². The highest BCUT2D eigenvalue weighted by Crippen LogP contribution is 2.25. The zero-order valence-corrected chi connectivity index (χ0v) is 9.27. The highest BCUT2D eigenvalue weighted by Gasteiger charge is 2.11. The molecule has 2 atom stereocenters. The molecule has 3 nitrogen and oxygen atoms in total. The van der Waals surface area contributed by atoms with Gasteiger partial charge in [0.25, 0.3) is 0 Å². The lowest BCUT2D eigenvalue weighted by Crippen LogP contribution is -2.21. The minimum Gasteiger partial charge on any atom is -0.508 e. The quantitative estimate of drug-likeness (QED) is 0.704. The fourth-order valence-corrected chi connectivity index (χ4v) is 1.63. The first kappa shape index (κ1) is 12.0. The van der Waals surface area contributed by atoms with Crippen molar-refractivity contribution in [3.8, 4) is 5.75 Å². The highest BCUT2D eigenvalue weighted by molar-refractivity contribution is 5.36. The van der Waals surface area contributed by atoms with Crippen LogP contribution in [0.2, 0.25) is 0 Å². The summed E-state index contributed by atoms with van der Waals surface area (Å²) < 4.78 is 0. The van der Waals surface area contributed by atoms with Crippen LogP contribution in [-0.2, 0) is 0 Å². The predicted molar refractivity (Wildman–Crippen MR) is 60.9 cm³/mol. The molecular weight excluding hydrogens is 190 g/mol. The Balaban J connectivity index is 2.73. The predicted octanol–water partition coefficient (Wildman–Crippen LogP) is 1.51. The van der Waals surface area contributed by atoms with Crippen LogP contribution < -0.4 is 5.73 Å². The van der Waals surface area contributed by atoms with Crippen LogP contribution in [0, 0.1) is 6.92 Å². The molecule has 1 aromatic rings. The van der Waals surface area contributed by atoms with Crippen molar-refractivity contribution in [1.29, 1.82) is 0 Å². The number of rotatable bonds is 4. The molecular formula is C12H19NO2. The molecule has 2 unspecified atom stereocenters. The molecule has 4 N–H and O–H groups in total. The van der Waals surface area contributed by atoms with Crippen LogP contribution in [0.4, 0.5) is 0 Å². The number of phenolic OH excluding ortho intramolecular Hbond substituents is 1. The molecule has 0 amide bonds. The molecule has 0 saturated heterocycles. The normalized spacial score (nSPS) is 14.9. The third-order valence-electron chi connectivity index (χ3n) is 2.69. The average Bonchev–Trinajstić information content (AvgIpc) is 2.21. The molecule has 84 valence electrons. The van der Waals surface area contributed by atoms with Gasteiger partial charge < -0.3 is 15.9 Å². The summed E-state index contributed by atoms with van der Waals surface area (Å²) in [6.45, 7) is 4.21. The SMILES string of the molecule is Cc1cc(C(C)CC(O)CN)ccc1O.